The smallest absolute Gasteiger partial charge is 0.210 e. The molecule has 0 bridgehead atoms. The zero-order valence-corrected chi connectivity index (χ0v) is 28.1. The highest BCUT2D eigenvalue weighted by atomic mass is 32.2. The number of hydrogen-bond donors (Lipinski definition) is 0. The second-order valence-corrected chi connectivity index (χ2v) is 14.9. The molecule has 238 valence electrons. The minimum Gasteiger partial charge on any atom is -0.293 e. The molecule has 0 saturated carbocycles. The summed E-state index contributed by atoms with van der Waals surface area (Å²) in [4.78, 5) is 5.52. The molecule has 4 nitrogen and oxygen atoms in total. The summed E-state index contributed by atoms with van der Waals surface area (Å²) in [6.45, 7) is 2.07. The molecule has 0 atom stereocenters. The standard InChI is InChI=1S/C45H30N2O2S/c1-2-41-46-38-19-11-21-40-45(38)47(41)44-33(18-10-20-39(44)50(40,48)49)31-24-25-36-37(27-31)43(32-23-22-28-12-6-7-15-30(28)26-32)35-17-9-8-16-34(35)42(36)29-13-4-3-5-14-29/h3-27H,2H2,1H3. The van der Waals surface area contributed by atoms with Crippen LogP contribution in [0.1, 0.15) is 12.7 Å². The zero-order chi connectivity index (χ0) is 33.6. The number of para-hydroxylation sites is 2. The van der Waals surface area contributed by atoms with Gasteiger partial charge in [0.25, 0.3) is 0 Å². The van der Waals surface area contributed by atoms with Crippen molar-refractivity contribution >= 4 is 53.2 Å². The predicted molar refractivity (Wildman–Crippen MR) is 205 cm³/mol. The lowest BCUT2D eigenvalue weighted by molar-refractivity contribution is 0.594. The molecule has 50 heavy (non-hydrogen) atoms. The Morgan fingerprint density at radius 2 is 1.20 bits per heavy atom. The van der Waals surface area contributed by atoms with E-state index in [-0.39, 0.29) is 0 Å². The van der Waals surface area contributed by atoms with Gasteiger partial charge in [0.05, 0.1) is 26.5 Å². The summed E-state index contributed by atoms with van der Waals surface area (Å²) < 4.78 is 30.5. The molecule has 8 aromatic carbocycles. The molecule has 2 heterocycles. The number of aryl methyl sites for hydroxylation is 1. The largest absolute Gasteiger partial charge is 0.293 e. The number of nitrogens with zero attached hydrogens (tertiary/aromatic N) is 2. The van der Waals surface area contributed by atoms with Gasteiger partial charge in [-0.05, 0) is 90.5 Å². The van der Waals surface area contributed by atoms with Crippen LogP contribution in [0.5, 0.6) is 0 Å². The molecule has 0 amide bonds. The van der Waals surface area contributed by atoms with E-state index in [0.717, 1.165) is 44.4 Å². The van der Waals surface area contributed by atoms with Crippen molar-refractivity contribution in [3.05, 3.63) is 157 Å². The molecular formula is C45H30N2O2S. The quantitative estimate of drug-likeness (QED) is 0.176. The Labute approximate surface area is 289 Å². The van der Waals surface area contributed by atoms with E-state index in [1.54, 1.807) is 18.2 Å². The van der Waals surface area contributed by atoms with Gasteiger partial charge < -0.3 is 0 Å². The van der Waals surface area contributed by atoms with Crippen molar-refractivity contribution in [2.75, 3.05) is 0 Å². The monoisotopic (exact) mass is 662 g/mol. The molecule has 0 N–H and O–H groups in total. The number of fused-ring (bicyclic) bond motifs is 5. The van der Waals surface area contributed by atoms with Crippen molar-refractivity contribution in [1.29, 1.82) is 0 Å². The molecule has 0 saturated heterocycles. The lowest BCUT2D eigenvalue weighted by atomic mass is 9.84. The number of benzene rings is 8. The molecule has 0 unspecified atom stereocenters. The Bertz CT molecular complexity index is 2980. The third-order valence-electron chi connectivity index (χ3n) is 10.3. The number of aromatic nitrogens is 2. The van der Waals surface area contributed by atoms with Crippen LogP contribution >= 0.6 is 0 Å². The third kappa shape index (κ3) is 4.04. The van der Waals surface area contributed by atoms with Gasteiger partial charge in [0.1, 0.15) is 5.82 Å². The summed E-state index contributed by atoms with van der Waals surface area (Å²) in [5, 5.41) is 6.99. The average Bonchev–Trinajstić information content (AvgIpc) is 3.55. The van der Waals surface area contributed by atoms with Crippen molar-refractivity contribution in [2.45, 2.75) is 23.1 Å². The first-order valence-corrected chi connectivity index (χ1v) is 18.4. The molecule has 0 spiro atoms. The fourth-order valence-electron chi connectivity index (χ4n) is 8.08. The van der Waals surface area contributed by atoms with Gasteiger partial charge in [-0.2, -0.15) is 0 Å². The number of hydrogen-bond acceptors (Lipinski definition) is 3. The van der Waals surface area contributed by atoms with Gasteiger partial charge in [0.15, 0.2) is 0 Å². The van der Waals surface area contributed by atoms with E-state index in [9.17, 15) is 8.42 Å². The van der Waals surface area contributed by atoms with Crippen LogP contribution in [-0.4, -0.2) is 18.0 Å². The molecule has 0 radical (unpaired) electrons. The van der Waals surface area contributed by atoms with Crippen LogP contribution in [0.4, 0.5) is 0 Å². The predicted octanol–water partition coefficient (Wildman–Crippen LogP) is 11.2. The van der Waals surface area contributed by atoms with Crippen LogP contribution in [0.15, 0.2) is 161 Å². The number of rotatable bonds is 4. The molecular weight excluding hydrogens is 633 g/mol. The lowest BCUT2D eigenvalue weighted by Gasteiger charge is -2.24. The minimum atomic E-state index is -3.78. The van der Waals surface area contributed by atoms with Crippen molar-refractivity contribution in [3.8, 4) is 39.1 Å². The SMILES string of the molecule is CCc1nc2cccc3c2n1-c1c(-c2ccc4c(-c5ccccc5)c5ccccc5c(-c5ccc6ccccc6c5)c4c2)cccc1S3(=O)=O. The van der Waals surface area contributed by atoms with E-state index in [4.69, 9.17) is 4.98 Å². The number of sulfone groups is 1. The van der Waals surface area contributed by atoms with Crippen LogP contribution in [0.25, 0.3) is 82.4 Å². The molecule has 1 aliphatic heterocycles. The molecule has 0 fully saturated rings. The fraction of sp³-hybridized carbons (Fsp3) is 0.0444. The summed E-state index contributed by atoms with van der Waals surface area (Å²) in [6.07, 6.45) is 0.665. The maximum atomic E-state index is 14.2. The van der Waals surface area contributed by atoms with Crippen molar-refractivity contribution in [1.82, 2.24) is 9.55 Å². The van der Waals surface area contributed by atoms with Crippen LogP contribution in [0.3, 0.4) is 0 Å². The highest BCUT2D eigenvalue weighted by molar-refractivity contribution is 7.92. The lowest BCUT2D eigenvalue weighted by Crippen LogP contribution is -2.16. The van der Waals surface area contributed by atoms with E-state index in [2.05, 4.69) is 127 Å². The summed E-state index contributed by atoms with van der Waals surface area (Å²) in [5.74, 6) is 0.839. The van der Waals surface area contributed by atoms with Crippen LogP contribution in [-0.2, 0) is 16.3 Å². The van der Waals surface area contributed by atoms with Crippen molar-refractivity contribution < 1.29 is 8.42 Å². The molecule has 1 aliphatic rings. The Morgan fingerprint density at radius 1 is 0.540 bits per heavy atom. The first-order valence-electron chi connectivity index (χ1n) is 16.9. The second kappa shape index (κ2) is 10.7. The maximum Gasteiger partial charge on any atom is 0.210 e. The van der Waals surface area contributed by atoms with Crippen molar-refractivity contribution in [3.63, 3.8) is 0 Å². The third-order valence-corrected chi connectivity index (χ3v) is 12.1. The summed E-state index contributed by atoms with van der Waals surface area (Å²) in [5.41, 5.74) is 8.45. The van der Waals surface area contributed by atoms with Gasteiger partial charge in [-0.3, -0.25) is 4.57 Å². The first-order chi connectivity index (χ1) is 24.5. The van der Waals surface area contributed by atoms with Gasteiger partial charge >= 0.3 is 0 Å². The normalized spacial score (nSPS) is 13.3. The first kappa shape index (κ1) is 28.9. The minimum absolute atomic E-state index is 0.307. The summed E-state index contributed by atoms with van der Waals surface area (Å²) >= 11 is 0. The topological polar surface area (TPSA) is 52.0 Å². The summed E-state index contributed by atoms with van der Waals surface area (Å²) in [6, 6.07) is 52.1. The van der Waals surface area contributed by atoms with Gasteiger partial charge in [0.2, 0.25) is 9.84 Å². The van der Waals surface area contributed by atoms with E-state index >= 15 is 0 Å². The molecule has 10 rings (SSSR count). The number of imidazole rings is 1. The molecule has 5 heteroatoms. The highest BCUT2D eigenvalue weighted by Crippen LogP contribution is 2.48. The molecule has 9 aromatic rings. The van der Waals surface area contributed by atoms with Gasteiger partial charge in [-0.1, -0.05) is 128 Å². The van der Waals surface area contributed by atoms with E-state index in [0.29, 0.717) is 32.9 Å². The summed E-state index contributed by atoms with van der Waals surface area (Å²) in [7, 11) is -3.78. The van der Waals surface area contributed by atoms with Crippen LogP contribution < -0.4 is 0 Å². The molecule has 0 aliphatic carbocycles. The fourth-order valence-corrected chi connectivity index (χ4v) is 9.74. The average molecular weight is 663 g/mol. The Hall–Kier alpha value is -6.04. The van der Waals surface area contributed by atoms with Crippen LogP contribution in [0, 0.1) is 0 Å². The van der Waals surface area contributed by atoms with Gasteiger partial charge in [0, 0.05) is 12.0 Å². The Morgan fingerprint density at radius 3 is 2.00 bits per heavy atom. The van der Waals surface area contributed by atoms with E-state index < -0.39 is 9.84 Å². The Balaban J connectivity index is 1.34. The van der Waals surface area contributed by atoms with E-state index in [1.807, 2.05) is 18.2 Å². The van der Waals surface area contributed by atoms with Gasteiger partial charge in [-0.25, -0.2) is 13.4 Å². The van der Waals surface area contributed by atoms with Gasteiger partial charge in [-0.15, -0.1) is 0 Å². The zero-order valence-electron chi connectivity index (χ0n) is 27.3. The van der Waals surface area contributed by atoms with Crippen LogP contribution in [0.2, 0.25) is 0 Å². The molecule has 1 aromatic heterocycles. The van der Waals surface area contributed by atoms with Crippen molar-refractivity contribution in [2.24, 2.45) is 0 Å². The Kier molecular flexibility index (Phi) is 6.21. The highest BCUT2D eigenvalue weighted by Gasteiger charge is 2.34. The maximum absolute atomic E-state index is 14.2. The van der Waals surface area contributed by atoms with E-state index in [1.165, 1.54) is 27.1 Å². The second-order valence-electron chi connectivity index (χ2n) is 13.0.